The molecule has 0 radical (unpaired) electrons. The molecule has 0 aliphatic carbocycles. The van der Waals surface area contributed by atoms with Crippen LogP contribution in [0.2, 0.25) is 0 Å². The molecule has 0 heterocycles. The lowest BCUT2D eigenvalue weighted by molar-refractivity contribution is -0.137. The molecule has 1 unspecified atom stereocenters. The fraction of sp³-hybridized carbons (Fsp3) is 0.250. The number of rotatable bonds is 7. The van der Waals surface area contributed by atoms with Crippen molar-refractivity contribution in [2.75, 3.05) is 16.8 Å². The molecule has 0 fully saturated rings. The van der Waals surface area contributed by atoms with Gasteiger partial charge in [0.05, 0.1) is 5.75 Å². The number of carboxylic acids is 1. The van der Waals surface area contributed by atoms with Crippen LogP contribution in [0, 0.1) is 0 Å². The molecule has 8 heteroatoms. The van der Waals surface area contributed by atoms with Gasteiger partial charge in [-0.25, -0.2) is 0 Å². The van der Waals surface area contributed by atoms with E-state index in [0.717, 1.165) is 11.8 Å². The Morgan fingerprint density at radius 1 is 1.25 bits per heavy atom. The average Bonchev–Trinajstić information content (AvgIpc) is 2.39. The molecule has 6 N–H and O–H groups in total. The van der Waals surface area contributed by atoms with Gasteiger partial charge in [-0.1, -0.05) is 0 Å². The summed E-state index contributed by atoms with van der Waals surface area (Å²) in [5.41, 5.74) is 11.3. The normalized spacial score (nSPS) is 11.7. The number of thioether (sulfide) groups is 1. The van der Waals surface area contributed by atoms with Crippen LogP contribution in [0.5, 0.6) is 0 Å². The zero-order valence-electron chi connectivity index (χ0n) is 10.5. The highest BCUT2D eigenvalue weighted by Gasteiger charge is 2.12. The number of carboxylic acid groups (broad SMARTS) is 1. The summed E-state index contributed by atoms with van der Waals surface area (Å²) in [5.74, 6) is -1.66. The average molecular weight is 297 g/mol. The number of nitrogens with two attached hydrogens (primary N) is 2. The van der Waals surface area contributed by atoms with E-state index >= 15 is 0 Å². The summed E-state index contributed by atoms with van der Waals surface area (Å²) in [6.45, 7) is 0. The van der Waals surface area contributed by atoms with Crippen molar-refractivity contribution in [3.05, 3.63) is 29.8 Å². The van der Waals surface area contributed by atoms with Crippen molar-refractivity contribution in [1.29, 1.82) is 0 Å². The predicted octanol–water partition coefficient (Wildman–Crippen LogP) is -0.131. The minimum Gasteiger partial charge on any atom is -0.480 e. The van der Waals surface area contributed by atoms with Crippen LogP contribution in [0.1, 0.15) is 10.4 Å². The molecule has 0 aliphatic rings. The van der Waals surface area contributed by atoms with Crippen molar-refractivity contribution >= 4 is 35.2 Å². The van der Waals surface area contributed by atoms with Gasteiger partial charge in [-0.2, -0.15) is 0 Å². The second kappa shape index (κ2) is 7.51. The maximum atomic E-state index is 11.6. The number of benzene rings is 1. The Kier molecular flexibility index (Phi) is 6.01. The van der Waals surface area contributed by atoms with E-state index in [1.165, 1.54) is 12.1 Å². The van der Waals surface area contributed by atoms with Crippen molar-refractivity contribution in [2.24, 2.45) is 11.5 Å². The van der Waals surface area contributed by atoms with Crippen LogP contribution in [0.3, 0.4) is 0 Å². The van der Waals surface area contributed by atoms with Crippen LogP contribution in [0.4, 0.5) is 5.69 Å². The topological polar surface area (TPSA) is 136 Å². The molecule has 2 amide bonds. The molecule has 1 rings (SSSR count). The number of amides is 2. The maximum absolute atomic E-state index is 11.6. The minimum atomic E-state index is -1.10. The quantitative estimate of drug-likeness (QED) is 0.553. The molecule has 1 aromatic rings. The van der Waals surface area contributed by atoms with Gasteiger partial charge in [-0.15, -0.1) is 11.8 Å². The summed E-state index contributed by atoms with van der Waals surface area (Å²) in [6, 6.07) is 5.15. The van der Waals surface area contributed by atoms with E-state index in [1.807, 2.05) is 0 Å². The standard InChI is InChI=1S/C12H15N3O4S/c13-9(12(18)19)5-20-6-10(16)15-8-3-1-7(2-4-8)11(14)17/h1-4,9H,5-6,13H2,(H2,14,17)(H,15,16)(H,18,19). The van der Waals surface area contributed by atoms with E-state index < -0.39 is 17.9 Å². The van der Waals surface area contributed by atoms with Crippen molar-refractivity contribution in [1.82, 2.24) is 0 Å². The van der Waals surface area contributed by atoms with Crippen molar-refractivity contribution < 1.29 is 19.5 Å². The van der Waals surface area contributed by atoms with Gasteiger partial charge in [0.25, 0.3) is 0 Å². The fourth-order valence-corrected chi connectivity index (χ4v) is 2.04. The Morgan fingerprint density at radius 2 is 1.85 bits per heavy atom. The Morgan fingerprint density at radius 3 is 2.35 bits per heavy atom. The third-order valence-corrected chi connectivity index (χ3v) is 3.36. The number of hydrogen-bond donors (Lipinski definition) is 4. The number of primary amides is 1. The van der Waals surface area contributed by atoms with Crippen molar-refractivity contribution in [2.45, 2.75) is 6.04 Å². The highest BCUT2D eigenvalue weighted by atomic mass is 32.2. The molecule has 0 aliphatic heterocycles. The molecule has 108 valence electrons. The van der Waals surface area contributed by atoms with Crippen LogP contribution >= 0.6 is 11.8 Å². The van der Waals surface area contributed by atoms with E-state index in [1.54, 1.807) is 12.1 Å². The lowest BCUT2D eigenvalue weighted by atomic mass is 10.2. The molecule has 0 saturated carbocycles. The van der Waals surface area contributed by atoms with E-state index in [0.29, 0.717) is 11.3 Å². The number of anilines is 1. The minimum absolute atomic E-state index is 0.0958. The molecular weight excluding hydrogens is 282 g/mol. The Balaban J connectivity index is 2.39. The van der Waals surface area contributed by atoms with Crippen molar-refractivity contribution in [3.8, 4) is 0 Å². The molecule has 0 saturated heterocycles. The largest absolute Gasteiger partial charge is 0.480 e. The van der Waals surface area contributed by atoms with E-state index in [-0.39, 0.29) is 17.4 Å². The summed E-state index contributed by atoms with van der Waals surface area (Å²) in [6.07, 6.45) is 0. The third kappa shape index (κ3) is 5.29. The summed E-state index contributed by atoms with van der Waals surface area (Å²) in [7, 11) is 0. The number of aliphatic carboxylic acids is 1. The highest BCUT2D eigenvalue weighted by molar-refractivity contribution is 8.00. The molecule has 7 nitrogen and oxygen atoms in total. The summed E-state index contributed by atoms with van der Waals surface area (Å²) >= 11 is 1.13. The van der Waals surface area contributed by atoms with Gasteiger partial charge in [0.1, 0.15) is 6.04 Å². The Hall–Kier alpha value is -2.06. The molecule has 1 atom stereocenters. The first kappa shape index (κ1) is 16.0. The second-order valence-electron chi connectivity index (χ2n) is 3.95. The van der Waals surface area contributed by atoms with Gasteiger partial charge in [-0.05, 0) is 24.3 Å². The van der Waals surface area contributed by atoms with Crippen LogP contribution in [0.25, 0.3) is 0 Å². The smallest absolute Gasteiger partial charge is 0.321 e. The van der Waals surface area contributed by atoms with Crippen LogP contribution in [0.15, 0.2) is 24.3 Å². The first-order chi connectivity index (χ1) is 9.40. The lowest BCUT2D eigenvalue weighted by Gasteiger charge is -2.07. The van der Waals surface area contributed by atoms with E-state index in [4.69, 9.17) is 16.6 Å². The van der Waals surface area contributed by atoms with Crippen LogP contribution in [-0.4, -0.2) is 40.4 Å². The predicted molar refractivity (Wildman–Crippen MR) is 76.5 cm³/mol. The maximum Gasteiger partial charge on any atom is 0.321 e. The molecular formula is C12H15N3O4S. The third-order valence-electron chi connectivity index (χ3n) is 2.30. The highest BCUT2D eigenvalue weighted by Crippen LogP contribution is 2.10. The van der Waals surface area contributed by atoms with Crippen LogP contribution < -0.4 is 16.8 Å². The number of carbonyl (C=O) groups is 3. The molecule has 0 spiro atoms. The summed E-state index contributed by atoms with van der Waals surface area (Å²) in [4.78, 5) is 32.9. The van der Waals surface area contributed by atoms with Gasteiger partial charge in [0.15, 0.2) is 0 Å². The molecule has 20 heavy (non-hydrogen) atoms. The Bertz CT molecular complexity index is 504. The fourth-order valence-electron chi connectivity index (χ4n) is 1.26. The zero-order valence-corrected chi connectivity index (χ0v) is 11.4. The Labute approximate surface area is 119 Å². The van der Waals surface area contributed by atoms with Crippen molar-refractivity contribution in [3.63, 3.8) is 0 Å². The number of nitrogens with one attached hydrogen (secondary N) is 1. The van der Waals surface area contributed by atoms with Gasteiger partial charge in [0.2, 0.25) is 11.8 Å². The second-order valence-corrected chi connectivity index (χ2v) is 4.98. The lowest BCUT2D eigenvalue weighted by Crippen LogP contribution is -2.33. The first-order valence-electron chi connectivity index (χ1n) is 5.66. The SMILES string of the molecule is NC(=O)c1ccc(NC(=O)CSCC(N)C(=O)O)cc1. The number of hydrogen-bond acceptors (Lipinski definition) is 5. The number of carbonyl (C=O) groups excluding carboxylic acids is 2. The summed E-state index contributed by atoms with van der Waals surface area (Å²) < 4.78 is 0. The molecule has 1 aromatic carbocycles. The zero-order chi connectivity index (χ0) is 15.1. The first-order valence-corrected chi connectivity index (χ1v) is 6.81. The molecule has 0 aromatic heterocycles. The summed E-state index contributed by atoms with van der Waals surface area (Å²) in [5, 5.41) is 11.2. The molecule has 0 bridgehead atoms. The van der Waals surface area contributed by atoms with E-state index in [2.05, 4.69) is 5.32 Å². The van der Waals surface area contributed by atoms with Gasteiger partial charge in [-0.3, -0.25) is 14.4 Å². The van der Waals surface area contributed by atoms with Gasteiger partial charge >= 0.3 is 5.97 Å². The van der Waals surface area contributed by atoms with Gasteiger partial charge < -0.3 is 21.9 Å². The van der Waals surface area contributed by atoms with Crippen LogP contribution in [-0.2, 0) is 9.59 Å². The van der Waals surface area contributed by atoms with Gasteiger partial charge in [0, 0.05) is 17.0 Å². The monoisotopic (exact) mass is 297 g/mol. The van der Waals surface area contributed by atoms with E-state index in [9.17, 15) is 14.4 Å².